The Balaban J connectivity index is 1.56. The van der Waals surface area contributed by atoms with Gasteiger partial charge in [0.15, 0.2) is 0 Å². The van der Waals surface area contributed by atoms with Crippen molar-refractivity contribution in [2.45, 2.75) is 44.3 Å². The Morgan fingerprint density at radius 2 is 1.61 bits per heavy atom. The molecule has 2 aromatic carbocycles. The number of hydrogen-bond donors (Lipinski definition) is 4. The summed E-state index contributed by atoms with van der Waals surface area (Å²) in [5.74, 6) is -2.64. The topological polar surface area (TPSA) is 125 Å². The molecule has 1 fully saturated rings. The van der Waals surface area contributed by atoms with Crippen LogP contribution in [-0.4, -0.2) is 46.9 Å². The van der Waals surface area contributed by atoms with Crippen LogP contribution in [0.15, 0.2) is 54.6 Å². The lowest BCUT2D eigenvalue weighted by Gasteiger charge is -2.29. The number of rotatable bonds is 8. The predicted molar refractivity (Wildman–Crippen MR) is 113 cm³/mol. The van der Waals surface area contributed by atoms with Gasteiger partial charge >= 0.3 is 5.97 Å². The second-order valence-electron chi connectivity index (χ2n) is 7.67. The van der Waals surface area contributed by atoms with Crippen LogP contribution >= 0.6 is 0 Å². The number of piperazine rings is 1. The van der Waals surface area contributed by atoms with E-state index in [0.29, 0.717) is 6.42 Å². The highest BCUT2D eigenvalue weighted by molar-refractivity contribution is 5.99. The number of carbonyl (C=O) groups is 4. The molecule has 0 spiro atoms. The number of carboxylic acid groups (broad SMARTS) is 1. The number of aliphatic carboxylic acids is 1. The molecule has 0 unspecified atom stereocenters. The van der Waals surface area contributed by atoms with Crippen LogP contribution in [0.2, 0.25) is 0 Å². The van der Waals surface area contributed by atoms with Gasteiger partial charge in [0, 0.05) is 12.8 Å². The van der Waals surface area contributed by atoms with Crippen molar-refractivity contribution in [1.29, 1.82) is 0 Å². The zero-order chi connectivity index (χ0) is 22.4. The first-order chi connectivity index (χ1) is 14.8. The normalized spacial score (nSPS) is 19.1. The van der Waals surface area contributed by atoms with Crippen LogP contribution in [0.1, 0.15) is 23.1 Å². The van der Waals surface area contributed by atoms with Gasteiger partial charge in [-0.3, -0.25) is 14.4 Å². The van der Waals surface area contributed by atoms with Gasteiger partial charge in [0.1, 0.15) is 18.1 Å². The molecule has 1 aliphatic heterocycles. The second kappa shape index (κ2) is 9.88. The smallest absolute Gasteiger partial charge is 0.326 e. The highest BCUT2D eigenvalue weighted by Crippen LogP contribution is 2.10. The van der Waals surface area contributed by atoms with E-state index < -0.39 is 35.9 Å². The van der Waals surface area contributed by atoms with Gasteiger partial charge in [0.25, 0.3) is 0 Å². The van der Waals surface area contributed by atoms with Crippen molar-refractivity contribution in [1.82, 2.24) is 16.0 Å². The third kappa shape index (κ3) is 6.15. The second-order valence-corrected chi connectivity index (χ2v) is 7.67. The van der Waals surface area contributed by atoms with Crippen molar-refractivity contribution in [3.63, 3.8) is 0 Å². The number of amides is 3. The summed E-state index contributed by atoms with van der Waals surface area (Å²) >= 11 is 0. The quantitative estimate of drug-likeness (QED) is 0.498. The molecule has 0 aromatic heterocycles. The summed E-state index contributed by atoms with van der Waals surface area (Å²) in [6.45, 7) is 1.90. The average Bonchev–Trinajstić information content (AvgIpc) is 2.72. The van der Waals surface area contributed by atoms with Crippen molar-refractivity contribution in [2.75, 3.05) is 0 Å². The van der Waals surface area contributed by atoms with Gasteiger partial charge in [-0.2, -0.15) is 0 Å². The molecule has 3 rings (SSSR count). The summed E-state index contributed by atoms with van der Waals surface area (Å²) in [5, 5.41) is 17.1. The molecular weight excluding hydrogens is 398 g/mol. The molecule has 0 saturated carbocycles. The molecule has 1 saturated heterocycles. The molecule has 8 heteroatoms. The molecule has 1 heterocycles. The lowest BCUT2D eigenvalue weighted by Crippen LogP contribution is -2.63. The van der Waals surface area contributed by atoms with Crippen LogP contribution in [0, 0.1) is 6.92 Å². The maximum Gasteiger partial charge on any atom is 0.326 e. The number of carboxylic acids is 1. The molecule has 0 bridgehead atoms. The number of benzene rings is 2. The first-order valence-electron chi connectivity index (χ1n) is 10.0. The van der Waals surface area contributed by atoms with Gasteiger partial charge in [-0.15, -0.1) is 0 Å². The summed E-state index contributed by atoms with van der Waals surface area (Å²) < 4.78 is 0. The Kier molecular flexibility index (Phi) is 7.02. The molecule has 3 amide bonds. The van der Waals surface area contributed by atoms with Crippen LogP contribution < -0.4 is 16.0 Å². The standard InChI is InChI=1S/C23H25N3O5/c1-14-6-5-9-16(10-14)12-19(23(30)31)24-20(27)13-18-22(29)25-17(21(28)26-18)11-15-7-3-2-4-8-15/h2-10,17-19H,11-13H2,1H3,(H,24,27)(H,25,29)(H,26,28)(H,30,31)/t17-,18-,19+/m0/s1. The predicted octanol–water partition coefficient (Wildman–Crippen LogP) is 0.723. The third-order valence-corrected chi connectivity index (χ3v) is 5.09. The Labute approximate surface area is 180 Å². The monoisotopic (exact) mass is 423 g/mol. The third-order valence-electron chi connectivity index (χ3n) is 5.09. The lowest BCUT2D eigenvalue weighted by molar-refractivity contribution is -0.142. The van der Waals surface area contributed by atoms with E-state index in [0.717, 1.165) is 16.7 Å². The summed E-state index contributed by atoms with van der Waals surface area (Å²) in [6.07, 6.45) is 0.118. The fourth-order valence-electron chi connectivity index (χ4n) is 3.53. The fraction of sp³-hybridized carbons (Fsp3) is 0.304. The number of carbonyl (C=O) groups excluding carboxylic acids is 3. The minimum Gasteiger partial charge on any atom is -0.480 e. The molecule has 4 N–H and O–H groups in total. The van der Waals surface area contributed by atoms with Gasteiger partial charge in [0.05, 0.1) is 6.42 Å². The van der Waals surface area contributed by atoms with E-state index in [4.69, 9.17) is 0 Å². The molecule has 31 heavy (non-hydrogen) atoms. The molecule has 0 aliphatic carbocycles. The Hall–Kier alpha value is -3.68. The summed E-state index contributed by atoms with van der Waals surface area (Å²) in [7, 11) is 0. The first-order valence-corrected chi connectivity index (χ1v) is 10.0. The van der Waals surface area contributed by atoms with Gasteiger partial charge < -0.3 is 21.1 Å². The minimum absolute atomic E-state index is 0.116. The van der Waals surface area contributed by atoms with Crippen molar-refractivity contribution in [3.8, 4) is 0 Å². The van der Waals surface area contributed by atoms with Gasteiger partial charge in [-0.05, 0) is 18.1 Å². The summed E-state index contributed by atoms with van der Waals surface area (Å²) in [6, 6.07) is 13.7. The SMILES string of the molecule is Cc1cccc(C[C@@H](NC(=O)C[C@@H]2NC(=O)[C@H](Cc3ccccc3)NC2=O)C(=O)O)c1. The molecule has 8 nitrogen and oxygen atoms in total. The minimum atomic E-state index is -1.17. The zero-order valence-corrected chi connectivity index (χ0v) is 17.1. The van der Waals surface area contributed by atoms with E-state index in [1.54, 1.807) is 6.07 Å². The maximum absolute atomic E-state index is 12.4. The largest absolute Gasteiger partial charge is 0.480 e. The first kappa shape index (κ1) is 22.0. The Morgan fingerprint density at radius 3 is 2.29 bits per heavy atom. The highest BCUT2D eigenvalue weighted by atomic mass is 16.4. The summed E-state index contributed by atoms with van der Waals surface area (Å²) in [4.78, 5) is 48.8. The highest BCUT2D eigenvalue weighted by Gasteiger charge is 2.35. The van der Waals surface area contributed by atoms with E-state index in [9.17, 15) is 24.3 Å². The lowest BCUT2D eigenvalue weighted by atomic mass is 10.0. The van der Waals surface area contributed by atoms with Crippen LogP contribution in [0.25, 0.3) is 0 Å². The van der Waals surface area contributed by atoms with Crippen molar-refractivity contribution in [2.24, 2.45) is 0 Å². The zero-order valence-electron chi connectivity index (χ0n) is 17.1. The molecular formula is C23H25N3O5. The summed E-state index contributed by atoms with van der Waals surface area (Å²) in [5.41, 5.74) is 2.67. The van der Waals surface area contributed by atoms with E-state index in [1.807, 2.05) is 55.5 Å². The van der Waals surface area contributed by atoms with Crippen molar-refractivity contribution < 1.29 is 24.3 Å². The fourth-order valence-corrected chi connectivity index (χ4v) is 3.53. The molecule has 1 aliphatic rings. The molecule has 2 aromatic rings. The van der Waals surface area contributed by atoms with E-state index in [1.165, 1.54) is 0 Å². The van der Waals surface area contributed by atoms with Gasteiger partial charge in [-0.25, -0.2) is 4.79 Å². The van der Waals surface area contributed by atoms with Crippen molar-refractivity contribution in [3.05, 3.63) is 71.3 Å². The Bertz CT molecular complexity index is 976. The van der Waals surface area contributed by atoms with Crippen LogP contribution in [0.4, 0.5) is 0 Å². The van der Waals surface area contributed by atoms with E-state index in [-0.39, 0.29) is 18.7 Å². The molecule has 0 radical (unpaired) electrons. The van der Waals surface area contributed by atoms with Gasteiger partial charge in [-0.1, -0.05) is 60.2 Å². The van der Waals surface area contributed by atoms with Crippen molar-refractivity contribution >= 4 is 23.7 Å². The van der Waals surface area contributed by atoms with E-state index >= 15 is 0 Å². The maximum atomic E-state index is 12.4. The Morgan fingerprint density at radius 1 is 0.968 bits per heavy atom. The number of nitrogens with one attached hydrogen (secondary N) is 3. The van der Waals surface area contributed by atoms with Crippen LogP contribution in [0.3, 0.4) is 0 Å². The van der Waals surface area contributed by atoms with Gasteiger partial charge in [0.2, 0.25) is 17.7 Å². The average molecular weight is 423 g/mol. The van der Waals surface area contributed by atoms with E-state index in [2.05, 4.69) is 16.0 Å². The molecule has 162 valence electrons. The van der Waals surface area contributed by atoms with Crippen LogP contribution in [-0.2, 0) is 32.0 Å². The number of hydrogen-bond acceptors (Lipinski definition) is 4. The molecule has 3 atom stereocenters. The van der Waals surface area contributed by atoms with Crippen LogP contribution in [0.5, 0.6) is 0 Å². The number of aryl methyl sites for hydroxylation is 1.